The molecule has 8 nitrogen and oxygen atoms in total. The van der Waals surface area contributed by atoms with Gasteiger partial charge in [0.1, 0.15) is 11.4 Å². The lowest BCUT2D eigenvalue weighted by atomic mass is 10.0. The van der Waals surface area contributed by atoms with Gasteiger partial charge in [0.15, 0.2) is 11.8 Å². The number of nitrogens with one attached hydrogen (secondary N) is 2. The summed E-state index contributed by atoms with van der Waals surface area (Å²) in [4.78, 5) is 9.07. The van der Waals surface area contributed by atoms with E-state index in [0.29, 0.717) is 30.7 Å². The Morgan fingerprint density at radius 3 is 2.80 bits per heavy atom. The van der Waals surface area contributed by atoms with Gasteiger partial charge < -0.3 is 24.7 Å². The Bertz CT molecular complexity index is 947. The molecule has 30 heavy (non-hydrogen) atoms. The minimum atomic E-state index is -1.15. The van der Waals surface area contributed by atoms with E-state index in [9.17, 15) is 5.11 Å². The first-order valence-electron chi connectivity index (χ1n) is 10.2. The van der Waals surface area contributed by atoms with Crippen molar-refractivity contribution in [3.8, 4) is 11.5 Å². The minimum absolute atomic E-state index is 0.259. The number of aromatic nitrogens is 2. The van der Waals surface area contributed by atoms with Crippen LogP contribution in [0.15, 0.2) is 56.6 Å². The van der Waals surface area contributed by atoms with Gasteiger partial charge in [-0.1, -0.05) is 24.2 Å². The number of hydrogen-bond donors (Lipinski definition) is 3. The molecule has 2 aromatic heterocycles. The highest BCUT2D eigenvalue weighted by molar-refractivity contribution is 5.79. The molecule has 0 amide bonds. The zero-order chi connectivity index (χ0) is 21.4. The molecule has 0 aliphatic heterocycles. The number of nitrogens with zero attached hydrogens (tertiary/aromatic N) is 3. The third-order valence-corrected chi connectivity index (χ3v) is 4.53. The highest BCUT2D eigenvalue weighted by atomic mass is 16.5. The summed E-state index contributed by atoms with van der Waals surface area (Å²) in [5.41, 5.74) is 0.738. The van der Waals surface area contributed by atoms with Crippen molar-refractivity contribution < 1.29 is 14.0 Å². The molecular formula is C22H29N5O3. The second-order valence-electron chi connectivity index (χ2n) is 7.27. The van der Waals surface area contributed by atoms with Gasteiger partial charge in [-0.05, 0) is 50.1 Å². The van der Waals surface area contributed by atoms with E-state index < -0.39 is 5.60 Å². The molecule has 0 radical (unpaired) electrons. The zero-order valence-electron chi connectivity index (χ0n) is 17.7. The molecule has 0 spiro atoms. The molecule has 0 aliphatic rings. The topological polar surface area (TPSA) is 109 Å². The van der Waals surface area contributed by atoms with E-state index in [4.69, 9.17) is 8.94 Å². The molecule has 8 heteroatoms. The predicted molar refractivity (Wildman–Crippen MR) is 115 cm³/mol. The van der Waals surface area contributed by atoms with Crippen LogP contribution >= 0.6 is 0 Å². The van der Waals surface area contributed by atoms with Gasteiger partial charge in [-0.2, -0.15) is 4.98 Å². The highest BCUT2D eigenvalue weighted by Crippen LogP contribution is 2.20. The number of guanidine groups is 1. The van der Waals surface area contributed by atoms with Gasteiger partial charge in [-0.25, -0.2) is 4.99 Å². The molecule has 3 aromatic rings. The van der Waals surface area contributed by atoms with Crippen molar-refractivity contribution in [2.45, 2.75) is 45.8 Å². The number of aryl methyl sites for hydroxylation is 1. The third kappa shape index (κ3) is 5.70. The van der Waals surface area contributed by atoms with Crippen molar-refractivity contribution in [1.82, 2.24) is 20.8 Å². The molecule has 0 fully saturated rings. The summed E-state index contributed by atoms with van der Waals surface area (Å²) < 4.78 is 10.7. The highest BCUT2D eigenvalue weighted by Gasteiger charge is 2.26. The fraction of sp³-hybridized carbons (Fsp3) is 0.409. The first-order valence-corrected chi connectivity index (χ1v) is 10.2. The van der Waals surface area contributed by atoms with Crippen LogP contribution < -0.4 is 10.6 Å². The number of rotatable bonds is 9. The molecule has 1 aromatic carbocycles. The third-order valence-electron chi connectivity index (χ3n) is 4.53. The van der Waals surface area contributed by atoms with Gasteiger partial charge in [0.2, 0.25) is 0 Å². The zero-order valence-corrected chi connectivity index (χ0v) is 17.7. The molecule has 1 atom stereocenters. The fourth-order valence-electron chi connectivity index (χ4n) is 2.94. The average molecular weight is 412 g/mol. The minimum Gasteiger partial charge on any atom is -0.466 e. The van der Waals surface area contributed by atoms with Gasteiger partial charge in [-0.15, -0.1) is 0 Å². The lowest BCUT2D eigenvalue weighted by molar-refractivity contribution is 0.0386. The van der Waals surface area contributed by atoms with Gasteiger partial charge in [-0.3, -0.25) is 0 Å². The van der Waals surface area contributed by atoms with Gasteiger partial charge in [0, 0.05) is 18.5 Å². The summed E-state index contributed by atoms with van der Waals surface area (Å²) in [5, 5.41) is 21.0. The lowest BCUT2D eigenvalue weighted by Gasteiger charge is -2.22. The molecule has 0 saturated carbocycles. The Morgan fingerprint density at radius 1 is 1.20 bits per heavy atom. The van der Waals surface area contributed by atoms with E-state index in [-0.39, 0.29) is 6.54 Å². The molecule has 3 rings (SSSR count). The van der Waals surface area contributed by atoms with E-state index in [1.807, 2.05) is 31.2 Å². The smallest absolute Gasteiger partial charge is 0.257 e. The van der Waals surface area contributed by atoms with Crippen LogP contribution in [-0.2, 0) is 18.6 Å². The number of aliphatic hydroxyl groups is 1. The van der Waals surface area contributed by atoms with Crippen LogP contribution in [0, 0.1) is 0 Å². The molecule has 2 heterocycles. The Morgan fingerprint density at radius 2 is 2.07 bits per heavy atom. The van der Waals surface area contributed by atoms with Gasteiger partial charge in [0.25, 0.3) is 5.89 Å². The maximum atomic E-state index is 10.6. The predicted octanol–water partition coefficient (Wildman–Crippen LogP) is 3.24. The van der Waals surface area contributed by atoms with Crippen LogP contribution in [0.25, 0.3) is 11.5 Å². The van der Waals surface area contributed by atoms with E-state index >= 15 is 0 Å². The number of benzene rings is 1. The van der Waals surface area contributed by atoms with Crippen LogP contribution in [-0.4, -0.2) is 34.3 Å². The van der Waals surface area contributed by atoms with Crippen molar-refractivity contribution in [1.29, 1.82) is 0 Å². The van der Waals surface area contributed by atoms with Gasteiger partial charge >= 0.3 is 0 Å². The largest absolute Gasteiger partial charge is 0.466 e. The number of hydrogen-bond acceptors (Lipinski definition) is 6. The molecule has 0 bridgehead atoms. The molecule has 1 unspecified atom stereocenters. The van der Waals surface area contributed by atoms with Crippen LogP contribution in [0.3, 0.4) is 0 Å². The van der Waals surface area contributed by atoms with E-state index in [1.54, 1.807) is 25.3 Å². The Kier molecular flexibility index (Phi) is 7.24. The van der Waals surface area contributed by atoms with Crippen LogP contribution in [0.5, 0.6) is 0 Å². The summed E-state index contributed by atoms with van der Waals surface area (Å²) >= 11 is 0. The Balaban J connectivity index is 1.67. The molecule has 0 saturated heterocycles. The first kappa shape index (κ1) is 21.6. The van der Waals surface area contributed by atoms with Crippen molar-refractivity contribution in [2.24, 2.45) is 4.99 Å². The van der Waals surface area contributed by atoms with Crippen LogP contribution in [0.1, 0.15) is 44.3 Å². The second-order valence-corrected chi connectivity index (χ2v) is 7.27. The maximum absolute atomic E-state index is 10.6. The summed E-state index contributed by atoms with van der Waals surface area (Å²) in [7, 11) is 0. The summed E-state index contributed by atoms with van der Waals surface area (Å²) in [6.45, 7) is 7.20. The molecule has 0 aliphatic carbocycles. The molecule has 160 valence electrons. The fourth-order valence-corrected chi connectivity index (χ4v) is 2.94. The summed E-state index contributed by atoms with van der Waals surface area (Å²) in [5.74, 6) is 2.35. The monoisotopic (exact) mass is 411 g/mol. The second kappa shape index (κ2) is 10.1. The van der Waals surface area contributed by atoms with Crippen molar-refractivity contribution in [3.63, 3.8) is 0 Å². The first-order chi connectivity index (χ1) is 14.5. The SMILES string of the molecule is CCCc1noc(-c2cccc(CN=C(NCC)NCC(C)(O)c3ccco3)c2)n1. The Labute approximate surface area is 176 Å². The van der Waals surface area contributed by atoms with Crippen molar-refractivity contribution in [2.75, 3.05) is 13.1 Å². The standard InChI is InChI=1S/C22H29N5O3/c1-4-8-19-26-20(30-27-19)17-10-6-9-16(13-17)14-24-21(23-5-2)25-15-22(3,28)18-11-7-12-29-18/h6-7,9-13,28H,4-5,8,14-15H2,1-3H3,(H2,23,24,25). The van der Waals surface area contributed by atoms with E-state index in [0.717, 1.165) is 29.8 Å². The Hall–Kier alpha value is -3.13. The van der Waals surface area contributed by atoms with E-state index in [2.05, 4.69) is 32.7 Å². The quantitative estimate of drug-likeness (QED) is 0.366. The van der Waals surface area contributed by atoms with Crippen LogP contribution in [0.4, 0.5) is 0 Å². The maximum Gasteiger partial charge on any atom is 0.257 e. The van der Waals surface area contributed by atoms with Crippen molar-refractivity contribution in [3.05, 3.63) is 59.8 Å². The molecule has 3 N–H and O–H groups in total. The van der Waals surface area contributed by atoms with Crippen LogP contribution in [0.2, 0.25) is 0 Å². The summed E-state index contributed by atoms with van der Waals surface area (Å²) in [6, 6.07) is 11.4. The number of furan rings is 1. The number of aliphatic imine (C=N–C) groups is 1. The van der Waals surface area contributed by atoms with E-state index in [1.165, 1.54) is 0 Å². The van der Waals surface area contributed by atoms with Gasteiger partial charge in [0.05, 0.1) is 19.4 Å². The molecular weight excluding hydrogens is 382 g/mol. The normalized spacial score (nSPS) is 13.8. The lowest BCUT2D eigenvalue weighted by Crippen LogP contribution is -2.44. The average Bonchev–Trinajstić information content (AvgIpc) is 3.43. The summed E-state index contributed by atoms with van der Waals surface area (Å²) in [6.07, 6.45) is 3.32. The van der Waals surface area contributed by atoms with Crippen molar-refractivity contribution >= 4 is 5.96 Å².